The molecule has 1 aromatic heterocycles. The number of aromatic nitrogens is 3. The number of nitrogens with two attached hydrogens (primary N) is 1. The maximum atomic E-state index is 5.65. The number of ether oxygens (including phenoxy) is 2. The molecule has 0 bridgehead atoms. The smallest absolute Gasteiger partial charge is 0.323 e. The summed E-state index contributed by atoms with van der Waals surface area (Å²) in [5, 5.41) is 0. The molecule has 1 aromatic rings. The summed E-state index contributed by atoms with van der Waals surface area (Å²) in [7, 11) is 1.87. The topological polar surface area (TPSA) is 86.4 Å². The van der Waals surface area contributed by atoms with Crippen LogP contribution in [0.1, 0.15) is 27.7 Å². The van der Waals surface area contributed by atoms with Gasteiger partial charge in [0.05, 0.1) is 18.8 Å². The van der Waals surface area contributed by atoms with Gasteiger partial charge in [-0.15, -0.1) is 0 Å². The minimum Gasteiger partial charge on any atom is -0.461 e. The van der Waals surface area contributed by atoms with Crippen LogP contribution in [-0.4, -0.2) is 47.4 Å². The molecule has 0 aliphatic heterocycles. The van der Waals surface area contributed by atoms with Crippen LogP contribution in [0.3, 0.4) is 0 Å². The fourth-order valence-corrected chi connectivity index (χ4v) is 1.32. The van der Waals surface area contributed by atoms with Gasteiger partial charge in [-0.1, -0.05) is 0 Å². The first-order chi connectivity index (χ1) is 8.88. The van der Waals surface area contributed by atoms with E-state index in [0.717, 1.165) is 0 Å². The van der Waals surface area contributed by atoms with Crippen molar-refractivity contribution in [1.82, 2.24) is 15.0 Å². The zero-order valence-electron chi connectivity index (χ0n) is 12.3. The van der Waals surface area contributed by atoms with E-state index in [1.54, 1.807) is 0 Å². The Bertz CT molecular complexity index is 398. The summed E-state index contributed by atoms with van der Waals surface area (Å²) in [6.07, 6.45) is 0.195. The van der Waals surface area contributed by atoms with E-state index in [9.17, 15) is 0 Å². The van der Waals surface area contributed by atoms with Crippen LogP contribution in [0.2, 0.25) is 0 Å². The fourth-order valence-electron chi connectivity index (χ4n) is 1.32. The second-order valence-corrected chi connectivity index (χ2v) is 4.78. The van der Waals surface area contributed by atoms with Gasteiger partial charge in [0.25, 0.3) is 0 Å². The molecule has 0 atom stereocenters. The van der Waals surface area contributed by atoms with Gasteiger partial charge >= 0.3 is 6.01 Å². The number of hydrogen-bond acceptors (Lipinski definition) is 7. The Labute approximate surface area is 114 Å². The van der Waals surface area contributed by atoms with Crippen LogP contribution in [-0.2, 0) is 4.74 Å². The van der Waals surface area contributed by atoms with Crippen LogP contribution in [0.4, 0.5) is 11.9 Å². The van der Waals surface area contributed by atoms with E-state index in [4.69, 9.17) is 15.2 Å². The van der Waals surface area contributed by atoms with Crippen molar-refractivity contribution in [3.05, 3.63) is 0 Å². The summed E-state index contributed by atoms with van der Waals surface area (Å²) in [4.78, 5) is 14.1. The number of nitrogens with zero attached hydrogens (tertiary/aromatic N) is 4. The quantitative estimate of drug-likeness (QED) is 0.793. The monoisotopic (exact) mass is 269 g/mol. The minimum atomic E-state index is -0.00997. The lowest BCUT2D eigenvalue weighted by Gasteiger charge is -2.18. The molecule has 0 unspecified atom stereocenters. The van der Waals surface area contributed by atoms with E-state index in [1.807, 2.05) is 39.6 Å². The van der Waals surface area contributed by atoms with Gasteiger partial charge in [-0.2, -0.15) is 15.0 Å². The third-order valence-electron chi connectivity index (χ3n) is 2.18. The summed E-state index contributed by atoms with van der Waals surface area (Å²) in [6, 6.07) is 0.245. The summed E-state index contributed by atoms with van der Waals surface area (Å²) in [6.45, 7) is 9.06. The molecule has 1 heterocycles. The summed E-state index contributed by atoms with van der Waals surface area (Å²) in [5.74, 6) is 0.632. The average Bonchev–Trinajstić information content (AvgIpc) is 2.26. The first-order valence-electron chi connectivity index (χ1n) is 6.39. The summed E-state index contributed by atoms with van der Waals surface area (Å²) < 4.78 is 10.9. The molecule has 19 heavy (non-hydrogen) atoms. The number of likely N-dealkylation sites (N-methyl/N-ethyl adjacent to an activating group) is 1. The van der Waals surface area contributed by atoms with Crippen molar-refractivity contribution in [1.29, 1.82) is 0 Å². The van der Waals surface area contributed by atoms with Crippen molar-refractivity contribution in [3.63, 3.8) is 0 Å². The van der Waals surface area contributed by atoms with Crippen LogP contribution in [0.5, 0.6) is 6.01 Å². The molecule has 0 spiro atoms. The maximum Gasteiger partial charge on any atom is 0.323 e. The predicted octanol–water partition coefficient (Wildman–Crippen LogP) is 1.10. The van der Waals surface area contributed by atoms with E-state index in [0.29, 0.717) is 19.1 Å². The molecule has 7 nitrogen and oxygen atoms in total. The molecule has 0 radical (unpaired) electrons. The van der Waals surface area contributed by atoms with Crippen molar-refractivity contribution in [2.24, 2.45) is 0 Å². The second-order valence-electron chi connectivity index (χ2n) is 4.78. The van der Waals surface area contributed by atoms with Crippen molar-refractivity contribution in [2.45, 2.75) is 39.9 Å². The zero-order valence-corrected chi connectivity index (χ0v) is 12.3. The zero-order chi connectivity index (χ0) is 14.4. The third-order valence-corrected chi connectivity index (χ3v) is 2.18. The standard InChI is InChI=1S/C12H23N5O2/c1-8(2)18-7-6-17(5)11-14-10(13)15-12(16-11)19-9(3)4/h8-9H,6-7H2,1-5H3,(H2,13,14,15,16). The lowest BCUT2D eigenvalue weighted by atomic mass is 10.5. The van der Waals surface area contributed by atoms with Crippen molar-refractivity contribution < 1.29 is 9.47 Å². The van der Waals surface area contributed by atoms with Crippen LogP contribution >= 0.6 is 0 Å². The first kappa shape index (κ1) is 15.4. The first-order valence-corrected chi connectivity index (χ1v) is 6.39. The van der Waals surface area contributed by atoms with Crippen LogP contribution in [0.15, 0.2) is 0 Å². The summed E-state index contributed by atoms with van der Waals surface area (Å²) in [5.41, 5.74) is 5.65. The highest BCUT2D eigenvalue weighted by Gasteiger charge is 2.11. The molecule has 0 fully saturated rings. The Balaban J connectivity index is 2.67. The largest absolute Gasteiger partial charge is 0.461 e. The number of rotatable bonds is 7. The van der Waals surface area contributed by atoms with E-state index in [2.05, 4.69) is 15.0 Å². The maximum absolute atomic E-state index is 5.65. The van der Waals surface area contributed by atoms with Gasteiger partial charge in [0.1, 0.15) is 0 Å². The molecule has 108 valence electrons. The Morgan fingerprint density at radius 1 is 1.11 bits per heavy atom. The molecular formula is C12H23N5O2. The van der Waals surface area contributed by atoms with Crippen molar-refractivity contribution in [3.8, 4) is 6.01 Å². The molecule has 7 heteroatoms. The molecule has 0 aromatic carbocycles. The summed E-state index contributed by atoms with van der Waals surface area (Å²) >= 11 is 0. The van der Waals surface area contributed by atoms with Crippen molar-refractivity contribution in [2.75, 3.05) is 30.8 Å². The van der Waals surface area contributed by atoms with Crippen molar-refractivity contribution >= 4 is 11.9 Å². The Kier molecular flexibility index (Phi) is 5.75. The highest BCUT2D eigenvalue weighted by atomic mass is 16.5. The molecule has 2 N–H and O–H groups in total. The van der Waals surface area contributed by atoms with Gasteiger partial charge < -0.3 is 20.1 Å². The van der Waals surface area contributed by atoms with Gasteiger partial charge in [-0.3, -0.25) is 0 Å². The Morgan fingerprint density at radius 3 is 2.37 bits per heavy atom. The van der Waals surface area contributed by atoms with E-state index in [1.165, 1.54) is 0 Å². The van der Waals surface area contributed by atoms with Crippen LogP contribution < -0.4 is 15.4 Å². The van der Waals surface area contributed by atoms with E-state index < -0.39 is 0 Å². The number of nitrogen functional groups attached to an aromatic ring is 1. The molecular weight excluding hydrogens is 246 g/mol. The molecule has 0 amide bonds. The lowest BCUT2D eigenvalue weighted by Crippen LogP contribution is -2.26. The molecule has 0 saturated carbocycles. The van der Waals surface area contributed by atoms with Gasteiger partial charge in [0.15, 0.2) is 0 Å². The van der Waals surface area contributed by atoms with E-state index in [-0.39, 0.29) is 24.2 Å². The SMILES string of the molecule is CC(C)OCCN(C)c1nc(N)nc(OC(C)C)n1. The van der Waals surface area contributed by atoms with Gasteiger partial charge in [0, 0.05) is 13.6 Å². The normalized spacial score (nSPS) is 11.1. The Hall–Kier alpha value is -1.63. The third kappa shape index (κ3) is 5.69. The highest BCUT2D eigenvalue weighted by Crippen LogP contribution is 2.13. The second kappa shape index (κ2) is 7.08. The van der Waals surface area contributed by atoms with Gasteiger partial charge in [-0.05, 0) is 27.7 Å². The van der Waals surface area contributed by atoms with Gasteiger partial charge in [0.2, 0.25) is 11.9 Å². The molecule has 0 saturated heterocycles. The fraction of sp³-hybridized carbons (Fsp3) is 0.750. The lowest BCUT2D eigenvalue weighted by molar-refractivity contribution is 0.0844. The molecule has 0 aliphatic rings. The predicted molar refractivity (Wildman–Crippen MR) is 74.4 cm³/mol. The Morgan fingerprint density at radius 2 is 1.79 bits per heavy atom. The molecule has 1 rings (SSSR count). The minimum absolute atomic E-state index is 0.00997. The van der Waals surface area contributed by atoms with E-state index >= 15 is 0 Å². The highest BCUT2D eigenvalue weighted by molar-refractivity contribution is 5.34. The number of anilines is 2. The van der Waals surface area contributed by atoms with Crippen LogP contribution in [0, 0.1) is 0 Å². The van der Waals surface area contributed by atoms with Crippen LogP contribution in [0.25, 0.3) is 0 Å². The average molecular weight is 269 g/mol. The number of hydrogen-bond donors (Lipinski definition) is 1. The molecule has 0 aliphatic carbocycles. The van der Waals surface area contributed by atoms with Gasteiger partial charge in [-0.25, -0.2) is 0 Å².